The first kappa shape index (κ1) is 19.4. The number of rotatable bonds is 6. The summed E-state index contributed by atoms with van der Waals surface area (Å²) in [5.74, 6) is 0.678. The van der Waals surface area contributed by atoms with Gasteiger partial charge in [-0.25, -0.2) is 0 Å². The number of carbonyl (C=O) groups is 1. The van der Waals surface area contributed by atoms with Crippen LogP contribution in [0.3, 0.4) is 0 Å². The number of benzene rings is 1. The molecule has 4 rings (SSSR count). The molecule has 0 saturated carbocycles. The molecular weight excluding hydrogens is 411 g/mol. The summed E-state index contributed by atoms with van der Waals surface area (Å²) in [5, 5.41) is 1.52. The second-order valence-electron chi connectivity index (χ2n) is 6.43. The minimum absolute atomic E-state index is 0.107. The predicted octanol–water partition coefficient (Wildman–Crippen LogP) is 6.02. The Bertz CT molecular complexity index is 1170. The summed E-state index contributed by atoms with van der Waals surface area (Å²) in [6.45, 7) is 0. The zero-order valence-electron chi connectivity index (χ0n) is 15.5. The van der Waals surface area contributed by atoms with E-state index < -0.39 is 0 Å². The molecule has 0 saturated heterocycles. The van der Waals surface area contributed by atoms with Gasteiger partial charge >= 0.3 is 0 Å². The smallest absolute Gasteiger partial charge is 0.198 e. The molecule has 0 aliphatic carbocycles. The van der Waals surface area contributed by atoms with Crippen LogP contribution in [0.15, 0.2) is 59.5 Å². The SMILES string of the molecule is COc1ccc(-c2c(Cl)cncc2Cl)c2cc(C(=O)CCc3cccnc3)oc12. The number of Topliss-reactive ketones (excluding diaryl/α,β-unsaturated/α-hetero) is 1. The van der Waals surface area contributed by atoms with Crippen molar-refractivity contribution in [3.63, 3.8) is 0 Å². The van der Waals surface area contributed by atoms with E-state index in [0.717, 1.165) is 11.1 Å². The molecule has 0 unspecified atom stereocenters. The van der Waals surface area contributed by atoms with E-state index in [-0.39, 0.29) is 11.5 Å². The van der Waals surface area contributed by atoms with Crippen LogP contribution < -0.4 is 4.74 Å². The molecular formula is C22H16Cl2N2O3. The summed E-state index contributed by atoms with van der Waals surface area (Å²) < 4.78 is 11.3. The van der Waals surface area contributed by atoms with Crippen molar-refractivity contribution in [2.75, 3.05) is 7.11 Å². The number of halogens is 2. The predicted molar refractivity (Wildman–Crippen MR) is 113 cm³/mol. The van der Waals surface area contributed by atoms with Gasteiger partial charge in [0.25, 0.3) is 0 Å². The van der Waals surface area contributed by atoms with Crippen molar-refractivity contribution in [3.8, 4) is 16.9 Å². The third-order valence-electron chi connectivity index (χ3n) is 4.63. The van der Waals surface area contributed by atoms with Gasteiger partial charge in [0.2, 0.25) is 0 Å². The van der Waals surface area contributed by atoms with Crippen LogP contribution >= 0.6 is 23.2 Å². The lowest BCUT2D eigenvalue weighted by atomic mass is 10.0. The van der Waals surface area contributed by atoms with Crippen LogP contribution in [0.1, 0.15) is 22.5 Å². The minimum atomic E-state index is -0.107. The molecule has 0 fully saturated rings. The summed E-state index contributed by atoms with van der Waals surface area (Å²) in [6, 6.07) is 9.10. The third kappa shape index (κ3) is 3.84. The van der Waals surface area contributed by atoms with Gasteiger partial charge in [-0.1, -0.05) is 29.3 Å². The van der Waals surface area contributed by atoms with Gasteiger partial charge in [-0.15, -0.1) is 0 Å². The number of hydrogen-bond acceptors (Lipinski definition) is 5. The number of fused-ring (bicyclic) bond motifs is 1. The van der Waals surface area contributed by atoms with Crippen molar-refractivity contribution in [3.05, 3.63) is 76.5 Å². The molecule has 0 radical (unpaired) electrons. The molecule has 0 atom stereocenters. The zero-order chi connectivity index (χ0) is 20.4. The lowest BCUT2D eigenvalue weighted by molar-refractivity contribution is 0.0958. The number of ketones is 1. The standard InChI is InChI=1S/C22H16Cl2N2O3/c1-28-19-7-5-14(21-16(23)11-26-12-17(21)24)15-9-20(29-22(15)19)18(27)6-4-13-3-2-8-25-10-13/h2-3,5,7-12H,4,6H2,1H3. The second-order valence-corrected chi connectivity index (χ2v) is 7.25. The van der Waals surface area contributed by atoms with E-state index in [1.54, 1.807) is 31.6 Å². The number of methoxy groups -OCH3 is 1. The highest BCUT2D eigenvalue weighted by molar-refractivity contribution is 6.39. The van der Waals surface area contributed by atoms with Crippen LogP contribution in [0.4, 0.5) is 0 Å². The van der Waals surface area contributed by atoms with Crippen LogP contribution in [-0.4, -0.2) is 22.9 Å². The van der Waals surface area contributed by atoms with Crippen molar-refractivity contribution in [1.82, 2.24) is 9.97 Å². The number of furan rings is 1. The van der Waals surface area contributed by atoms with Crippen molar-refractivity contribution in [2.24, 2.45) is 0 Å². The van der Waals surface area contributed by atoms with Crippen LogP contribution in [-0.2, 0) is 6.42 Å². The Kier molecular flexibility index (Phi) is 5.51. The van der Waals surface area contributed by atoms with E-state index in [1.807, 2.05) is 18.2 Å². The summed E-state index contributed by atoms with van der Waals surface area (Å²) in [4.78, 5) is 20.8. The van der Waals surface area contributed by atoms with Crippen molar-refractivity contribution < 1.29 is 13.9 Å². The fourth-order valence-electron chi connectivity index (χ4n) is 3.21. The molecule has 29 heavy (non-hydrogen) atoms. The van der Waals surface area contributed by atoms with Crippen LogP contribution in [0.2, 0.25) is 10.0 Å². The normalized spacial score (nSPS) is 11.0. The second kappa shape index (κ2) is 8.23. The molecule has 0 amide bonds. The molecule has 0 N–H and O–H groups in total. The molecule has 1 aromatic carbocycles. The Labute approximate surface area is 177 Å². The first-order valence-corrected chi connectivity index (χ1v) is 9.66. The fourth-order valence-corrected chi connectivity index (χ4v) is 3.78. The van der Waals surface area contributed by atoms with Gasteiger partial charge in [0.1, 0.15) is 0 Å². The molecule has 5 nitrogen and oxygen atoms in total. The first-order chi connectivity index (χ1) is 14.1. The lowest BCUT2D eigenvalue weighted by Crippen LogP contribution is -1.99. The molecule has 0 bridgehead atoms. The Balaban J connectivity index is 1.75. The highest BCUT2D eigenvalue weighted by atomic mass is 35.5. The number of aryl methyl sites for hydroxylation is 1. The van der Waals surface area contributed by atoms with Gasteiger partial charge in [0.05, 0.1) is 17.2 Å². The van der Waals surface area contributed by atoms with Crippen LogP contribution in [0.25, 0.3) is 22.1 Å². The molecule has 0 spiro atoms. The number of nitrogens with zero attached hydrogens (tertiary/aromatic N) is 2. The fraction of sp³-hybridized carbons (Fsp3) is 0.136. The van der Waals surface area contributed by atoms with Crippen LogP contribution in [0.5, 0.6) is 5.75 Å². The molecule has 146 valence electrons. The maximum absolute atomic E-state index is 12.8. The van der Waals surface area contributed by atoms with Crippen molar-refractivity contribution >= 4 is 40.0 Å². The number of ether oxygens (including phenoxy) is 1. The van der Waals surface area contributed by atoms with E-state index in [2.05, 4.69) is 9.97 Å². The van der Waals surface area contributed by atoms with E-state index >= 15 is 0 Å². The number of pyridine rings is 2. The van der Waals surface area contributed by atoms with Gasteiger partial charge in [0, 0.05) is 42.2 Å². The number of aromatic nitrogens is 2. The largest absolute Gasteiger partial charge is 0.493 e. The van der Waals surface area contributed by atoms with Gasteiger partial charge in [-0.3, -0.25) is 14.8 Å². The van der Waals surface area contributed by atoms with Crippen molar-refractivity contribution in [2.45, 2.75) is 12.8 Å². The molecule has 3 heterocycles. The van der Waals surface area contributed by atoms with Gasteiger partial charge in [0.15, 0.2) is 22.9 Å². The van der Waals surface area contributed by atoms with E-state index in [1.165, 1.54) is 12.4 Å². The molecule has 4 aromatic rings. The molecule has 7 heteroatoms. The quantitative estimate of drug-likeness (QED) is 0.352. The van der Waals surface area contributed by atoms with Crippen molar-refractivity contribution in [1.29, 1.82) is 0 Å². The summed E-state index contributed by atoms with van der Waals surface area (Å²) in [7, 11) is 1.55. The Morgan fingerprint density at radius 3 is 2.59 bits per heavy atom. The highest BCUT2D eigenvalue weighted by Crippen LogP contribution is 2.41. The first-order valence-electron chi connectivity index (χ1n) is 8.90. The monoisotopic (exact) mass is 426 g/mol. The Morgan fingerprint density at radius 1 is 1.10 bits per heavy atom. The molecule has 3 aromatic heterocycles. The average molecular weight is 427 g/mol. The van der Waals surface area contributed by atoms with Crippen LogP contribution in [0, 0.1) is 0 Å². The average Bonchev–Trinajstić information content (AvgIpc) is 3.18. The van der Waals surface area contributed by atoms with E-state index in [9.17, 15) is 4.79 Å². The minimum Gasteiger partial charge on any atom is -0.493 e. The van der Waals surface area contributed by atoms with Gasteiger partial charge < -0.3 is 9.15 Å². The summed E-state index contributed by atoms with van der Waals surface area (Å²) in [5.41, 5.74) is 2.84. The Morgan fingerprint density at radius 2 is 1.90 bits per heavy atom. The number of hydrogen-bond donors (Lipinski definition) is 0. The van der Waals surface area contributed by atoms with Gasteiger partial charge in [-0.2, -0.15) is 0 Å². The lowest BCUT2D eigenvalue weighted by Gasteiger charge is -2.09. The Hall–Kier alpha value is -2.89. The molecule has 0 aliphatic heterocycles. The van der Waals surface area contributed by atoms with Gasteiger partial charge in [-0.05, 0) is 41.8 Å². The zero-order valence-corrected chi connectivity index (χ0v) is 17.0. The topological polar surface area (TPSA) is 65.2 Å². The summed E-state index contributed by atoms with van der Waals surface area (Å²) >= 11 is 12.7. The molecule has 0 aliphatic rings. The maximum atomic E-state index is 12.8. The number of carbonyl (C=O) groups excluding carboxylic acids is 1. The third-order valence-corrected chi connectivity index (χ3v) is 5.20. The highest BCUT2D eigenvalue weighted by Gasteiger charge is 2.20. The van der Waals surface area contributed by atoms with E-state index in [4.69, 9.17) is 32.4 Å². The maximum Gasteiger partial charge on any atom is 0.198 e. The summed E-state index contributed by atoms with van der Waals surface area (Å²) in [6.07, 6.45) is 7.39. The van der Waals surface area contributed by atoms with E-state index in [0.29, 0.717) is 45.2 Å².